The van der Waals surface area contributed by atoms with Crippen LogP contribution in [0.3, 0.4) is 0 Å². The summed E-state index contributed by atoms with van der Waals surface area (Å²) in [5.41, 5.74) is 6.17. The number of aryl methyl sites for hydroxylation is 3. The van der Waals surface area contributed by atoms with Gasteiger partial charge in [-0.25, -0.2) is 0 Å². The van der Waals surface area contributed by atoms with Crippen LogP contribution in [0.4, 0.5) is 0 Å². The Labute approximate surface area is 93.7 Å². The Morgan fingerprint density at radius 1 is 1.13 bits per heavy atom. The van der Waals surface area contributed by atoms with Gasteiger partial charge in [0.25, 0.3) is 0 Å². The number of hydrogen-bond acceptors (Lipinski definition) is 0. The first-order valence-electron chi connectivity index (χ1n) is 6.19. The van der Waals surface area contributed by atoms with Crippen LogP contribution < -0.4 is 0 Å². The molecule has 0 amide bonds. The summed E-state index contributed by atoms with van der Waals surface area (Å²) in [6.45, 7) is 9.18. The standard InChI is InChI=1S/C15H22/c1-10(2)14-7-5-6-13-8-11(3)12(4)9-15(13)14/h8-10,14H,5-7H2,1-4H3. The predicted octanol–water partition coefficient (Wildman–Crippen LogP) is 4.38. The maximum absolute atomic E-state index is 2.44. The van der Waals surface area contributed by atoms with E-state index in [0.29, 0.717) is 0 Å². The van der Waals surface area contributed by atoms with Crippen molar-refractivity contribution in [1.29, 1.82) is 0 Å². The van der Waals surface area contributed by atoms with Gasteiger partial charge in [0.15, 0.2) is 0 Å². The van der Waals surface area contributed by atoms with Gasteiger partial charge in [-0.15, -0.1) is 0 Å². The number of benzene rings is 1. The monoisotopic (exact) mass is 202 g/mol. The first kappa shape index (κ1) is 10.7. The van der Waals surface area contributed by atoms with Crippen LogP contribution in [0, 0.1) is 19.8 Å². The molecule has 1 aromatic rings. The molecule has 0 spiro atoms. The molecule has 0 aliphatic heterocycles. The lowest BCUT2D eigenvalue weighted by Crippen LogP contribution is -2.15. The number of rotatable bonds is 1. The Balaban J connectivity index is 2.47. The van der Waals surface area contributed by atoms with Gasteiger partial charge in [0, 0.05) is 0 Å². The van der Waals surface area contributed by atoms with E-state index in [0.717, 1.165) is 11.8 Å². The highest BCUT2D eigenvalue weighted by Crippen LogP contribution is 2.37. The van der Waals surface area contributed by atoms with Crippen molar-refractivity contribution in [2.45, 2.75) is 52.9 Å². The third kappa shape index (κ3) is 1.95. The third-order valence-electron chi connectivity index (χ3n) is 3.92. The molecule has 0 heterocycles. The SMILES string of the molecule is Cc1cc2c(cc1C)C(C(C)C)CCC2. The van der Waals surface area contributed by atoms with Gasteiger partial charge in [0.1, 0.15) is 0 Å². The zero-order chi connectivity index (χ0) is 11.0. The molecule has 0 fully saturated rings. The van der Waals surface area contributed by atoms with Crippen LogP contribution in [-0.2, 0) is 6.42 Å². The molecule has 0 heteroatoms. The van der Waals surface area contributed by atoms with Crippen molar-refractivity contribution in [2.75, 3.05) is 0 Å². The Bertz CT molecular complexity index is 361. The van der Waals surface area contributed by atoms with Crippen LogP contribution in [0.2, 0.25) is 0 Å². The molecule has 0 saturated carbocycles. The molecular weight excluding hydrogens is 180 g/mol. The van der Waals surface area contributed by atoms with Crippen molar-refractivity contribution in [3.63, 3.8) is 0 Å². The summed E-state index contributed by atoms with van der Waals surface area (Å²) in [5.74, 6) is 1.58. The molecular formula is C15H22. The van der Waals surface area contributed by atoms with Crippen LogP contribution in [0.25, 0.3) is 0 Å². The summed E-state index contributed by atoms with van der Waals surface area (Å²) in [7, 11) is 0. The highest BCUT2D eigenvalue weighted by Gasteiger charge is 2.23. The quantitative estimate of drug-likeness (QED) is 0.634. The van der Waals surface area contributed by atoms with E-state index in [1.165, 1.54) is 30.4 Å². The number of fused-ring (bicyclic) bond motifs is 1. The Morgan fingerprint density at radius 3 is 2.47 bits per heavy atom. The molecule has 0 aromatic heterocycles. The van der Waals surface area contributed by atoms with Crippen LogP contribution in [0.15, 0.2) is 12.1 Å². The minimum Gasteiger partial charge on any atom is -0.0622 e. The fraction of sp³-hybridized carbons (Fsp3) is 0.600. The molecule has 1 aliphatic carbocycles. The lowest BCUT2D eigenvalue weighted by atomic mass is 9.76. The predicted molar refractivity (Wildman–Crippen MR) is 66.4 cm³/mol. The Hall–Kier alpha value is -0.780. The maximum Gasteiger partial charge on any atom is -0.0136 e. The second kappa shape index (κ2) is 4.00. The molecule has 1 atom stereocenters. The molecule has 0 N–H and O–H groups in total. The molecule has 1 unspecified atom stereocenters. The second-order valence-corrected chi connectivity index (χ2v) is 5.38. The first-order chi connectivity index (χ1) is 7.09. The third-order valence-corrected chi connectivity index (χ3v) is 3.92. The average molecular weight is 202 g/mol. The summed E-state index contributed by atoms with van der Waals surface area (Å²) in [6.07, 6.45) is 4.05. The summed E-state index contributed by atoms with van der Waals surface area (Å²) >= 11 is 0. The van der Waals surface area contributed by atoms with E-state index >= 15 is 0 Å². The van der Waals surface area contributed by atoms with Gasteiger partial charge in [-0.1, -0.05) is 26.0 Å². The van der Waals surface area contributed by atoms with E-state index < -0.39 is 0 Å². The minimum absolute atomic E-state index is 0.783. The van der Waals surface area contributed by atoms with Crippen molar-refractivity contribution in [2.24, 2.45) is 5.92 Å². The van der Waals surface area contributed by atoms with E-state index in [9.17, 15) is 0 Å². The summed E-state index contributed by atoms with van der Waals surface area (Å²) in [6, 6.07) is 4.85. The van der Waals surface area contributed by atoms with E-state index in [1.807, 2.05) is 0 Å². The van der Waals surface area contributed by atoms with E-state index in [4.69, 9.17) is 0 Å². The molecule has 0 radical (unpaired) electrons. The topological polar surface area (TPSA) is 0 Å². The first-order valence-corrected chi connectivity index (χ1v) is 6.19. The molecule has 0 nitrogen and oxygen atoms in total. The lowest BCUT2D eigenvalue weighted by Gasteiger charge is -2.29. The van der Waals surface area contributed by atoms with Gasteiger partial charge in [0.05, 0.1) is 0 Å². The second-order valence-electron chi connectivity index (χ2n) is 5.38. The highest BCUT2D eigenvalue weighted by molar-refractivity contribution is 5.40. The molecule has 2 rings (SSSR count). The van der Waals surface area contributed by atoms with Crippen molar-refractivity contribution >= 4 is 0 Å². The van der Waals surface area contributed by atoms with Gasteiger partial charge >= 0.3 is 0 Å². The van der Waals surface area contributed by atoms with E-state index in [1.54, 1.807) is 11.1 Å². The van der Waals surface area contributed by atoms with Gasteiger partial charge < -0.3 is 0 Å². The molecule has 15 heavy (non-hydrogen) atoms. The fourth-order valence-corrected chi connectivity index (χ4v) is 2.82. The molecule has 0 bridgehead atoms. The summed E-state index contributed by atoms with van der Waals surface area (Å²) in [4.78, 5) is 0. The fourth-order valence-electron chi connectivity index (χ4n) is 2.82. The van der Waals surface area contributed by atoms with E-state index in [2.05, 4.69) is 39.8 Å². The molecule has 82 valence electrons. The summed E-state index contributed by atoms with van der Waals surface area (Å²) in [5, 5.41) is 0. The van der Waals surface area contributed by atoms with Crippen molar-refractivity contribution in [3.8, 4) is 0 Å². The minimum atomic E-state index is 0.783. The van der Waals surface area contributed by atoms with Gasteiger partial charge in [-0.3, -0.25) is 0 Å². The van der Waals surface area contributed by atoms with Crippen LogP contribution in [0.1, 0.15) is 54.9 Å². The Morgan fingerprint density at radius 2 is 1.80 bits per heavy atom. The molecule has 1 aliphatic rings. The number of hydrogen-bond donors (Lipinski definition) is 0. The van der Waals surface area contributed by atoms with E-state index in [-0.39, 0.29) is 0 Å². The summed E-state index contributed by atoms with van der Waals surface area (Å²) < 4.78 is 0. The van der Waals surface area contributed by atoms with Gasteiger partial charge in [-0.2, -0.15) is 0 Å². The normalized spacial score (nSPS) is 20.5. The maximum atomic E-state index is 2.44. The van der Waals surface area contributed by atoms with Crippen molar-refractivity contribution in [1.82, 2.24) is 0 Å². The molecule has 0 saturated heterocycles. The van der Waals surface area contributed by atoms with Gasteiger partial charge in [-0.05, 0) is 67.2 Å². The van der Waals surface area contributed by atoms with Crippen molar-refractivity contribution in [3.05, 3.63) is 34.4 Å². The zero-order valence-corrected chi connectivity index (χ0v) is 10.4. The van der Waals surface area contributed by atoms with Crippen LogP contribution >= 0.6 is 0 Å². The average Bonchev–Trinajstić information content (AvgIpc) is 2.18. The van der Waals surface area contributed by atoms with Crippen LogP contribution in [-0.4, -0.2) is 0 Å². The highest BCUT2D eigenvalue weighted by atomic mass is 14.3. The Kier molecular flexibility index (Phi) is 2.86. The van der Waals surface area contributed by atoms with Gasteiger partial charge in [0.2, 0.25) is 0 Å². The smallest absolute Gasteiger partial charge is 0.0136 e. The zero-order valence-electron chi connectivity index (χ0n) is 10.4. The van der Waals surface area contributed by atoms with Crippen molar-refractivity contribution < 1.29 is 0 Å². The lowest BCUT2D eigenvalue weighted by molar-refractivity contribution is 0.433. The van der Waals surface area contributed by atoms with Crippen LogP contribution in [0.5, 0.6) is 0 Å². The largest absolute Gasteiger partial charge is 0.0622 e. The molecule has 1 aromatic carbocycles.